The molecule has 4 heteroatoms. The molecule has 1 aliphatic heterocycles. The van der Waals surface area contributed by atoms with Gasteiger partial charge in [0.2, 0.25) is 0 Å². The molecule has 0 N–H and O–H groups in total. The van der Waals surface area contributed by atoms with Crippen LogP contribution in [0, 0.1) is 5.92 Å². The van der Waals surface area contributed by atoms with E-state index in [2.05, 4.69) is 39.3 Å². The molecule has 0 saturated carbocycles. The quantitative estimate of drug-likeness (QED) is 0.0566. The summed E-state index contributed by atoms with van der Waals surface area (Å²) in [5.41, 5.74) is 0. The predicted octanol–water partition coefficient (Wildman–Crippen LogP) is 10.8. The van der Waals surface area contributed by atoms with Gasteiger partial charge in [0.1, 0.15) is 6.10 Å². The number of unbranched alkanes of at least 4 members (excludes halogenated alkanes) is 13. The Balaban J connectivity index is 2.33. The topological polar surface area (TPSA) is 38.8 Å². The van der Waals surface area contributed by atoms with Crippen LogP contribution in [0.3, 0.4) is 0 Å². The van der Waals surface area contributed by atoms with Crippen LogP contribution in [0.4, 0.5) is 0 Å². The van der Waals surface area contributed by atoms with Crippen LogP contribution in [0.5, 0.6) is 0 Å². The molecule has 0 bridgehead atoms. The Morgan fingerprint density at radius 1 is 0.650 bits per heavy atom. The van der Waals surface area contributed by atoms with E-state index in [0.717, 1.165) is 70.2 Å². The molecule has 2 unspecified atom stereocenters. The molecule has 0 aliphatic carbocycles. The van der Waals surface area contributed by atoms with Gasteiger partial charge in [0, 0.05) is 12.3 Å². The number of rotatable bonds is 27. The molecule has 236 valence electrons. The van der Waals surface area contributed by atoms with Crippen LogP contribution in [0.25, 0.3) is 0 Å². The first kappa shape index (κ1) is 37.0. The van der Waals surface area contributed by atoms with Gasteiger partial charge in [-0.1, -0.05) is 111 Å². The second-order valence-electron chi connectivity index (χ2n) is 12.8. The number of likely N-dealkylation sites (tertiary alicyclic amines) is 1. The molecule has 1 fully saturated rings. The summed E-state index contributed by atoms with van der Waals surface area (Å²) in [6.07, 6.45) is 28.8. The van der Waals surface area contributed by atoms with E-state index in [4.69, 9.17) is 9.47 Å². The molecule has 0 radical (unpaired) electrons. The molecule has 1 aliphatic rings. The van der Waals surface area contributed by atoms with E-state index in [1.807, 2.05) is 0 Å². The monoisotopic (exact) mass is 564 g/mol. The number of piperidine rings is 1. The van der Waals surface area contributed by atoms with E-state index in [-0.39, 0.29) is 12.1 Å². The van der Waals surface area contributed by atoms with Gasteiger partial charge in [0.15, 0.2) is 0 Å². The highest BCUT2D eigenvalue weighted by atomic mass is 16.5. The minimum atomic E-state index is 0.0196. The van der Waals surface area contributed by atoms with E-state index >= 15 is 0 Å². The molecular weight excluding hydrogens is 494 g/mol. The fourth-order valence-corrected chi connectivity index (χ4v) is 5.96. The average molecular weight is 564 g/mol. The maximum Gasteiger partial charge on any atom is 0.306 e. The molecule has 4 nitrogen and oxygen atoms in total. The van der Waals surface area contributed by atoms with E-state index < -0.39 is 0 Å². The first-order valence-corrected chi connectivity index (χ1v) is 17.7. The molecule has 2 atom stereocenters. The molecule has 0 aromatic rings. The van der Waals surface area contributed by atoms with Crippen molar-refractivity contribution < 1.29 is 14.3 Å². The van der Waals surface area contributed by atoms with Crippen LogP contribution < -0.4 is 0 Å². The fraction of sp³-hybridized carbons (Fsp3) is 0.917. The summed E-state index contributed by atoms with van der Waals surface area (Å²) in [5.74, 6) is 1.58. The second-order valence-corrected chi connectivity index (χ2v) is 12.8. The summed E-state index contributed by atoms with van der Waals surface area (Å²) in [4.78, 5) is 14.9. The number of hydrogen-bond acceptors (Lipinski definition) is 4. The molecule has 0 amide bonds. The van der Waals surface area contributed by atoms with Crippen LogP contribution in [-0.4, -0.2) is 43.2 Å². The van der Waals surface area contributed by atoms with Crippen molar-refractivity contribution in [1.29, 1.82) is 0 Å². The van der Waals surface area contributed by atoms with Gasteiger partial charge < -0.3 is 14.4 Å². The van der Waals surface area contributed by atoms with Gasteiger partial charge in [-0.25, -0.2) is 0 Å². The number of carbonyl (C=O) groups excluding carboxylic acids is 1. The molecule has 0 aromatic carbocycles. The zero-order chi connectivity index (χ0) is 29.3. The molecule has 40 heavy (non-hydrogen) atoms. The van der Waals surface area contributed by atoms with Gasteiger partial charge in [0.25, 0.3) is 0 Å². The van der Waals surface area contributed by atoms with Gasteiger partial charge in [-0.05, 0) is 84.3 Å². The van der Waals surface area contributed by atoms with E-state index in [9.17, 15) is 4.79 Å². The Morgan fingerprint density at radius 3 is 1.62 bits per heavy atom. The molecule has 1 saturated heterocycles. The van der Waals surface area contributed by atoms with Crippen molar-refractivity contribution in [2.75, 3.05) is 20.1 Å². The summed E-state index contributed by atoms with van der Waals surface area (Å²) < 4.78 is 12.5. The molecule has 1 heterocycles. The van der Waals surface area contributed by atoms with E-state index in [1.54, 1.807) is 0 Å². The van der Waals surface area contributed by atoms with Crippen molar-refractivity contribution in [2.24, 2.45) is 5.92 Å². The number of ether oxygens (including phenoxy) is 2. The zero-order valence-corrected chi connectivity index (χ0v) is 27.5. The Kier molecular flexibility index (Phi) is 23.7. The third kappa shape index (κ3) is 19.9. The first-order valence-electron chi connectivity index (χ1n) is 17.7. The van der Waals surface area contributed by atoms with Crippen molar-refractivity contribution >= 4 is 5.97 Å². The molecule has 1 rings (SSSR count). The van der Waals surface area contributed by atoms with E-state index in [0.29, 0.717) is 18.4 Å². The SMILES string of the molecule is C=C(OC(CCCCCCCCC)CCCCCCC(=O)OC(CCCC)CCCCCC)C1CCN(C)CC1. The Morgan fingerprint density at radius 2 is 1.07 bits per heavy atom. The summed E-state index contributed by atoms with van der Waals surface area (Å²) in [6, 6.07) is 0. The maximum atomic E-state index is 12.5. The lowest BCUT2D eigenvalue weighted by molar-refractivity contribution is -0.150. The highest BCUT2D eigenvalue weighted by Crippen LogP contribution is 2.27. The lowest BCUT2D eigenvalue weighted by atomic mass is 9.95. The average Bonchev–Trinajstić information content (AvgIpc) is 2.95. The fourth-order valence-electron chi connectivity index (χ4n) is 5.96. The van der Waals surface area contributed by atoms with Crippen molar-refractivity contribution in [3.63, 3.8) is 0 Å². The van der Waals surface area contributed by atoms with E-state index in [1.165, 1.54) is 96.3 Å². The van der Waals surface area contributed by atoms with Gasteiger partial charge >= 0.3 is 5.97 Å². The third-order valence-electron chi connectivity index (χ3n) is 8.84. The van der Waals surface area contributed by atoms with Crippen LogP contribution in [0.2, 0.25) is 0 Å². The lowest BCUT2D eigenvalue weighted by Crippen LogP contribution is -2.31. The standard InChI is InChI=1S/C36H69NO3/c1-6-9-12-14-15-16-20-24-34(39-32(4)33-28-30-37(5)31-29-33)25-21-17-18-22-27-36(38)40-35(23-11-8-3)26-19-13-10-7-2/h33-35H,4,6-31H2,1-3,5H3. The number of carbonyl (C=O) groups is 1. The number of nitrogens with zero attached hydrogens (tertiary/aromatic N) is 1. The van der Waals surface area contributed by atoms with Crippen LogP contribution in [-0.2, 0) is 14.3 Å². The van der Waals surface area contributed by atoms with Crippen molar-refractivity contribution in [1.82, 2.24) is 4.90 Å². The summed E-state index contributed by atoms with van der Waals surface area (Å²) in [5, 5.41) is 0. The summed E-state index contributed by atoms with van der Waals surface area (Å²) >= 11 is 0. The Hall–Kier alpha value is -1.03. The van der Waals surface area contributed by atoms with Crippen molar-refractivity contribution in [3.05, 3.63) is 12.3 Å². The smallest absolute Gasteiger partial charge is 0.306 e. The lowest BCUT2D eigenvalue weighted by Gasteiger charge is -2.32. The van der Waals surface area contributed by atoms with Crippen molar-refractivity contribution in [3.8, 4) is 0 Å². The molecule has 0 aromatic heterocycles. The van der Waals surface area contributed by atoms with Gasteiger partial charge in [-0.3, -0.25) is 4.79 Å². The number of hydrogen-bond donors (Lipinski definition) is 0. The largest absolute Gasteiger partial charge is 0.495 e. The van der Waals surface area contributed by atoms with Crippen LogP contribution in [0.1, 0.15) is 175 Å². The van der Waals surface area contributed by atoms with Gasteiger partial charge in [-0.2, -0.15) is 0 Å². The first-order chi connectivity index (χ1) is 19.5. The highest BCUT2D eigenvalue weighted by molar-refractivity contribution is 5.69. The van der Waals surface area contributed by atoms with Gasteiger partial charge in [0.05, 0.1) is 11.9 Å². The van der Waals surface area contributed by atoms with Crippen LogP contribution >= 0.6 is 0 Å². The van der Waals surface area contributed by atoms with Crippen LogP contribution in [0.15, 0.2) is 12.3 Å². The highest BCUT2D eigenvalue weighted by Gasteiger charge is 2.22. The normalized spacial score (nSPS) is 16.1. The van der Waals surface area contributed by atoms with Crippen molar-refractivity contribution in [2.45, 2.75) is 187 Å². The zero-order valence-electron chi connectivity index (χ0n) is 27.5. The predicted molar refractivity (Wildman–Crippen MR) is 173 cm³/mol. The molecular formula is C36H69NO3. The maximum absolute atomic E-state index is 12.5. The second kappa shape index (κ2) is 25.7. The Labute approximate surface area is 250 Å². The minimum Gasteiger partial charge on any atom is -0.495 e. The number of allylic oxidation sites excluding steroid dienone is 1. The Bertz CT molecular complexity index is 599. The number of esters is 1. The molecule has 0 spiro atoms. The summed E-state index contributed by atoms with van der Waals surface area (Å²) in [6.45, 7) is 13.4. The summed E-state index contributed by atoms with van der Waals surface area (Å²) in [7, 11) is 2.21. The minimum absolute atomic E-state index is 0.0196. The third-order valence-corrected chi connectivity index (χ3v) is 8.84. The van der Waals surface area contributed by atoms with Gasteiger partial charge in [-0.15, -0.1) is 0 Å².